The molecule has 0 atom stereocenters. The number of benzene rings is 2. The third-order valence-corrected chi connectivity index (χ3v) is 4.41. The predicted octanol–water partition coefficient (Wildman–Crippen LogP) is 1.12. The summed E-state index contributed by atoms with van der Waals surface area (Å²) < 4.78 is 33.2. The molecule has 2 aromatic carbocycles. The number of rotatable bonds is 9. The number of aryl methyl sites for hydroxylation is 1. The highest BCUT2D eigenvalue weighted by atomic mass is 32.2. The van der Waals surface area contributed by atoms with E-state index in [4.69, 9.17) is 14.6 Å². The van der Waals surface area contributed by atoms with Gasteiger partial charge in [-0.1, -0.05) is 12.1 Å². The molecule has 0 fully saturated rings. The van der Waals surface area contributed by atoms with E-state index in [9.17, 15) is 23.3 Å². The lowest BCUT2D eigenvalue weighted by molar-refractivity contribution is -0.386. The van der Waals surface area contributed by atoms with Crippen molar-refractivity contribution in [2.75, 3.05) is 19.8 Å². The summed E-state index contributed by atoms with van der Waals surface area (Å²) in [5, 5.41) is 18.6. The van der Waals surface area contributed by atoms with E-state index in [2.05, 4.69) is 5.32 Å². The molecule has 0 saturated carbocycles. The Bertz CT molecular complexity index is 976. The Morgan fingerprint density at radius 1 is 1.21 bits per heavy atom. The molecular formula is C17H19N3O7S. The summed E-state index contributed by atoms with van der Waals surface area (Å²) in [5.41, 5.74) is 0.437. The van der Waals surface area contributed by atoms with Crippen molar-refractivity contribution >= 4 is 21.6 Å². The normalized spacial score (nSPS) is 10.9. The molecule has 2 rings (SSSR count). The van der Waals surface area contributed by atoms with Gasteiger partial charge >= 0.3 is 5.69 Å². The zero-order valence-corrected chi connectivity index (χ0v) is 15.8. The number of sulfonamides is 1. The number of primary sulfonamides is 1. The zero-order chi connectivity index (χ0) is 20.7. The average molecular weight is 409 g/mol. The first-order chi connectivity index (χ1) is 13.2. The summed E-state index contributed by atoms with van der Waals surface area (Å²) in [7, 11) is -4.10. The molecule has 0 aromatic heterocycles. The summed E-state index contributed by atoms with van der Waals surface area (Å²) in [6.07, 6.45) is 0. The number of nitrogens with zero attached hydrogens (tertiary/aromatic N) is 1. The van der Waals surface area contributed by atoms with Crippen LogP contribution in [-0.4, -0.2) is 39.0 Å². The molecule has 0 unspecified atom stereocenters. The Labute approximate surface area is 161 Å². The lowest BCUT2D eigenvalue weighted by atomic mass is 10.2. The van der Waals surface area contributed by atoms with Gasteiger partial charge in [0.1, 0.15) is 12.4 Å². The van der Waals surface area contributed by atoms with Gasteiger partial charge in [0.2, 0.25) is 10.0 Å². The van der Waals surface area contributed by atoms with Crippen molar-refractivity contribution in [1.82, 2.24) is 5.32 Å². The second kappa shape index (κ2) is 9.15. The largest absolute Gasteiger partial charge is 0.492 e. The van der Waals surface area contributed by atoms with Crippen LogP contribution in [0.2, 0.25) is 0 Å². The minimum absolute atomic E-state index is 0.211. The van der Waals surface area contributed by atoms with Crippen molar-refractivity contribution in [2.24, 2.45) is 5.14 Å². The van der Waals surface area contributed by atoms with Gasteiger partial charge in [0.25, 0.3) is 5.91 Å². The molecule has 10 nitrogen and oxygen atoms in total. The number of amides is 1. The molecule has 0 aliphatic rings. The van der Waals surface area contributed by atoms with E-state index in [1.165, 1.54) is 0 Å². The molecule has 0 saturated heterocycles. The summed E-state index contributed by atoms with van der Waals surface area (Å²) in [5.74, 6) is -0.0858. The van der Waals surface area contributed by atoms with Gasteiger partial charge in [-0.25, -0.2) is 13.6 Å². The molecule has 0 bridgehead atoms. The lowest BCUT2D eigenvalue weighted by Gasteiger charge is -2.10. The van der Waals surface area contributed by atoms with Crippen LogP contribution in [0.3, 0.4) is 0 Å². The molecule has 2 aromatic rings. The maximum absolute atomic E-state index is 11.8. The highest BCUT2D eigenvalue weighted by molar-refractivity contribution is 7.89. The Kier molecular flexibility index (Phi) is 6.90. The summed E-state index contributed by atoms with van der Waals surface area (Å²) >= 11 is 0. The van der Waals surface area contributed by atoms with Gasteiger partial charge in [0.15, 0.2) is 12.4 Å². The van der Waals surface area contributed by atoms with Gasteiger partial charge in [0, 0.05) is 6.07 Å². The summed E-state index contributed by atoms with van der Waals surface area (Å²) in [4.78, 5) is 21.7. The highest BCUT2D eigenvalue weighted by Crippen LogP contribution is 2.29. The van der Waals surface area contributed by atoms with Gasteiger partial charge < -0.3 is 14.8 Å². The van der Waals surface area contributed by atoms with Crippen molar-refractivity contribution in [3.8, 4) is 11.5 Å². The van der Waals surface area contributed by atoms with Crippen LogP contribution in [-0.2, 0) is 14.8 Å². The number of hydrogen-bond acceptors (Lipinski definition) is 7. The van der Waals surface area contributed by atoms with Crippen LogP contribution in [0.15, 0.2) is 47.4 Å². The van der Waals surface area contributed by atoms with E-state index in [1.54, 1.807) is 6.07 Å². The third-order valence-electron chi connectivity index (χ3n) is 3.50. The monoisotopic (exact) mass is 409 g/mol. The van der Waals surface area contributed by atoms with Gasteiger partial charge in [-0.05, 0) is 36.8 Å². The smallest absolute Gasteiger partial charge is 0.312 e. The fraction of sp³-hybridized carbons (Fsp3) is 0.235. The molecule has 0 radical (unpaired) electrons. The fourth-order valence-corrected chi connectivity index (χ4v) is 2.73. The number of ether oxygens (including phenoxy) is 2. The number of nitro groups is 1. The first-order valence-electron chi connectivity index (χ1n) is 8.07. The van der Waals surface area contributed by atoms with Crippen LogP contribution < -0.4 is 19.9 Å². The van der Waals surface area contributed by atoms with Crippen LogP contribution in [0.5, 0.6) is 11.5 Å². The zero-order valence-electron chi connectivity index (χ0n) is 15.0. The van der Waals surface area contributed by atoms with E-state index < -0.39 is 38.0 Å². The minimum atomic E-state index is -4.10. The van der Waals surface area contributed by atoms with Crippen molar-refractivity contribution in [3.05, 3.63) is 58.1 Å². The summed E-state index contributed by atoms with van der Waals surface area (Å²) in [6, 6.07) is 10.3. The molecule has 3 N–H and O–H groups in total. The highest BCUT2D eigenvalue weighted by Gasteiger charge is 2.20. The lowest BCUT2D eigenvalue weighted by Crippen LogP contribution is -2.32. The van der Waals surface area contributed by atoms with Crippen molar-refractivity contribution in [1.29, 1.82) is 0 Å². The SMILES string of the molecule is Cc1cccc(OCCNC(=O)COc2ccc(S(N)(=O)=O)cc2[N+](=O)[O-])c1. The number of nitrogens with two attached hydrogens (primary N) is 1. The fourth-order valence-electron chi connectivity index (χ4n) is 2.20. The van der Waals surface area contributed by atoms with Gasteiger partial charge in [-0.3, -0.25) is 14.9 Å². The number of nitrogens with one attached hydrogen (secondary N) is 1. The van der Waals surface area contributed by atoms with E-state index in [0.717, 1.165) is 23.8 Å². The molecule has 0 heterocycles. The summed E-state index contributed by atoms with van der Waals surface area (Å²) in [6.45, 7) is 1.89. The van der Waals surface area contributed by atoms with E-state index in [0.29, 0.717) is 5.75 Å². The Morgan fingerprint density at radius 3 is 2.61 bits per heavy atom. The van der Waals surface area contributed by atoms with Crippen LogP contribution in [0.25, 0.3) is 0 Å². The molecule has 150 valence electrons. The number of carbonyl (C=O) groups is 1. The first kappa shape index (κ1) is 21.1. The third kappa shape index (κ3) is 6.21. The van der Waals surface area contributed by atoms with E-state index in [1.807, 2.05) is 25.1 Å². The molecule has 0 aliphatic heterocycles. The Hall–Kier alpha value is -3.18. The topological polar surface area (TPSA) is 151 Å². The number of hydrogen-bond donors (Lipinski definition) is 2. The molecule has 11 heteroatoms. The van der Waals surface area contributed by atoms with Gasteiger partial charge in [-0.2, -0.15) is 0 Å². The molecule has 28 heavy (non-hydrogen) atoms. The van der Waals surface area contributed by atoms with Crippen LogP contribution in [0.4, 0.5) is 5.69 Å². The van der Waals surface area contributed by atoms with E-state index in [-0.39, 0.29) is 18.9 Å². The molecular weight excluding hydrogens is 390 g/mol. The number of carbonyl (C=O) groups excluding carboxylic acids is 1. The predicted molar refractivity (Wildman–Crippen MR) is 99.6 cm³/mol. The Balaban J connectivity index is 1.86. The first-order valence-corrected chi connectivity index (χ1v) is 9.61. The van der Waals surface area contributed by atoms with Crippen molar-refractivity contribution in [3.63, 3.8) is 0 Å². The molecule has 0 aliphatic carbocycles. The maximum Gasteiger partial charge on any atom is 0.312 e. The quantitative estimate of drug-likeness (QED) is 0.358. The standard InChI is InChI=1S/C17H19N3O7S/c1-12-3-2-4-13(9-12)26-8-7-19-17(21)11-27-16-6-5-14(28(18,24)25)10-15(16)20(22)23/h2-6,9-10H,7-8,11H2,1H3,(H,19,21)(H2,18,24,25). The van der Waals surface area contributed by atoms with E-state index >= 15 is 0 Å². The maximum atomic E-state index is 11.8. The average Bonchev–Trinajstić information content (AvgIpc) is 2.62. The molecule has 0 spiro atoms. The minimum Gasteiger partial charge on any atom is -0.492 e. The van der Waals surface area contributed by atoms with Gasteiger partial charge in [-0.15, -0.1) is 0 Å². The molecule has 1 amide bonds. The number of nitro benzene ring substituents is 1. The Morgan fingerprint density at radius 2 is 1.96 bits per heavy atom. The van der Waals surface area contributed by atoms with Gasteiger partial charge in [0.05, 0.1) is 16.4 Å². The second-order valence-corrected chi connectivity index (χ2v) is 7.30. The van der Waals surface area contributed by atoms with Crippen molar-refractivity contribution < 1.29 is 27.6 Å². The second-order valence-electron chi connectivity index (χ2n) is 5.74. The van der Waals surface area contributed by atoms with Crippen LogP contribution >= 0.6 is 0 Å². The van der Waals surface area contributed by atoms with Crippen LogP contribution in [0, 0.1) is 17.0 Å². The van der Waals surface area contributed by atoms with Crippen LogP contribution in [0.1, 0.15) is 5.56 Å². The van der Waals surface area contributed by atoms with Crippen molar-refractivity contribution in [2.45, 2.75) is 11.8 Å².